The van der Waals surface area contributed by atoms with Gasteiger partial charge in [0.2, 0.25) is 0 Å². The van der Waals surface area contributed by atoms with Gasteiger partial charge in [0, 0.05) is 5.56 Å². The molecule has 2 nitrogen and oxygen atoms in total. The molecule has 0 radical (unpaired) electrons. The average Bonchev–Trinajstić information content (AvgIpc) is 2.65. The normalized spacial score (nSPS) is 29.0. The minimum atomic E-state index is -0.324. The first-order chi connectivity index (χ1) is 7.16. The molecule has 1 heterocycles. The van der Waals surface area contributed by atoms with Crippen LogP contribution < -0.4 is 0 Å². The molecule has 1 unspecified atom stereocenters. The van der Waals surface area contributed by atoms with Gasteiger partial charge in [0.15, 0.2) is 0 Å². The van der Waals surface area contributed by atoms with Crippen molar-refractivity contribution in [1.82, 2.24) is 0 Å². The lowest BCUT2D eigenvalue weighted by molar-refractivity contribution is 0.0751. The highest BCUT2D eigenvalue weighted by molar-refractivity contribution is 5.15. The molecule has 0 saturated heterocycles. The van der Waals surface area contributed by atoms with Crippen LogP contribution in [0.15, 0.2) is 16.7 Å². The Labute approximate surface area is 91.3 Å². The third-order valence-corrected chi connectivity index (χ3v) is 3.60. The summed E-state index contributed by atoms with van der Waals surface area (Å²) >= 11 is 0. The minimum Gasteiger partial charge on any atom is -0.469 e. The van der Waals surface area contributed by atoms with Crippen LogP contribution in [0, 0.1) is 18.8 Å². The number of aliphatic hydroxyl groups excluding tert-OH is 1. The van der Waals surface area contributed by atoms with Gasteiger partial charge in [-0.1, -0.05) is 19.8 Å². The molecule has 0 aromatic carbocycles. The van der Waals surface area contributed by atoms with Crippen LogP contribution in [0.4, 0.5) is 0 Å². The van der Waals surface area contributed by atoms with Crippen molar-refractivity contribution in [2.24, 2.45) is 11.8 Å². The van der Waals surface area contributed by atoms with E-state index in [1.54, 1.807) is 6.26 Å². The zero-order chi connectivity index (χ0) is 10.8. The highest BCUT2D eigenvalue weighted by atomic mass is 16.3. The van der Waals surface area contributed by atoms with E-state index < -0.39 is 0 Å². The monoisotopic (exact) mass is 208 g/mol. The quantitative estimate of drug-likeness (QED) is 0.807. The van der Waals surface area contributed by atoms with Gasteiger partial charge in [-0.15, -0.1) is 0 Å². The molecule has 1 atom stereocenters. The summed E-state index contributed by atoms with van der Waals surface area (Å²) in [6.45, 7) is 4.21. The Morgan fingerprint density at radius 2 is 2.00 bits per heavy atom. The van der Waals surface area contributed by atoms with Crippen molar-refractivity contribution in [2.45, 2.75) is 45.6 Å². The fourth-order valence-corrected chi connectivity index (χ4v) is 2.49. The molecule has 84 valence electrons. The first-order valence-corrected chi connectivity index (χ1v) is 5.90. The van der Waals surface area contributed by atoms with Crippen LogP contribution in [0.3, 0.4) is 0 Å². The SMILES string of the molecule is Cc1cc(C(O)C2CCC(C)CC2)co1. The first kappa shape index (κ1) is 10.7. The van der Waals surface area contributed by atoms with Crippen molar-refractivity contribution >= 4 is 0 Å². The molecule has 1 fully saturated rings. The van der Waals surface area contributed by atoms with Crippen molar-refractivity contribution in [3.8, 4) is 0 Å². The average molecular weight is 208 g/mol. The maximum Gasteiger partial charge on any atom is 0.101 e. The molecule has 0 aliphatic heterocycles. The lowest BCUT2D eigenvalue weighted by atomic mass is 9.79. The van der Waals surface area contributed by atoms with Gasteiger partial charge in [-0.2, -0.15) is 0 Å². The number of aliphatic hydroxyl groups is 1. The van der Waals surface area contributed by atoms with E-state index in [4.69, 9.17) is 4.42 Å². The Hall–Kier alpha value is -0.760. The van der Waals surface area contributed by atoms with Gasteiger partial charge >= 0.3 is 0 Å². The van der Waals surface area contributed by atoms with Crippen molar-refractivity contribution in [2.75, 3.05) is 0 Å². The smallest absolute Gasteiger partial charge is 0.101 e. The van der Waals surface area contributed by atoms with Crippen LogP contribution in [-0.2, 0) is 0 Å². The highest BCUT2D eigenvalue weighted by Gasteiger charge is 2.26. The van der Waals surface area contributed by atoms with Crippen LogP contribution in [0.5, 0.6) is 0 Å². The van der Waals surface area contributed by atoms with E-state index in [0.717, 1.165) is 30.1 Å². The highest BCUT2D eigenvalue weighted by Crippen LogP contribution is 2.36. The van der Waals surface area contributed by atoms with Crippen molar-refractivity contribution < 1.29 is 9.52 Å². The number of rotatable bonds is 2. The van der Waals surface area contributed by atoms with Crippen molar-refractivity contribution in [3.05, 3.63) is 23.7 Å². The Morgan fingerprint density at radius 1 is 1.33 bits per heavy atom. The number of aryl methyl sites for hydroxylation is 1. The van der Waals surface area contributed by atoms with Crippen molar-refractivity contribution in [1.29, 1.82) is 0 Å². The summed E-state index contributed by atoms with van der Waals surface area (Å²) in [5.74, 6) is 2.14. The van der Waals surface area contributed by atoms with E-state index >= 15 is 0 Å². The van der Waals surface area contributed by atoms with E-state index in [9.17, 15) is 5.11 Å². The second-order valence-corrected chi connectivity index (χ2v) is 4.96. The molecule has 1 aromatic rings. The van der Waals surface area contributed by atoms with Gasteiger partial charge in [0.05, 0.1) is 12.4 Å². The van der Waals surface area contributed by atoms with Crippen LogP contribution in [0.2, 0.25) is 0 Å². The Kier molecular flexibility index (Phi) is 3.15. The number of hydrogen-bond acceptors (Lipinski definition) is 2. The maximum atomic E-state index is 10.2. The summed E-state index contributed by atoms with van der Waals surface area (Å²) in [6, 6.07) is 1.95. The molecule has 0 amide bonds. The number of hydrogen-bond donors (Lipinski definition) is 1. The zero-order valence-corrected chi connectivity index (χ0v) is 9.57. The lowest BCUT2D eigenvalue weighted by Crippen LogP contribution is -2.18. The van der Waals surface area contributed by atoms with Gasteiger partial charge in [-0.05, 0) is 37.7 Å². The van der Waals surface area contributed by atoms with Gasteiger partial charge in [-0.25, -0.2) is 0 Å². The fourth-order valence-electron chi connectivity index (χ4n) is 2.49. The third kappa shape index (κ3) is 2.43. The molecule has 1 saturated carbocycles. The van der Waals surface area contributed by atoms with E-state index in [1.807, 2.05) is 13.0 Å². The van der Waals surface area contributed by atoms with Crippen molar-refractivity contribution in [3.63, 3.8) is 0 Å². The number of furan rings is 1. The van der Waals surface area contributed by atoms with E-state index in [0.29, 0.717) is 5.92 Å². The second kappa shape index (κ2) is 4.40. The van der Waals surface area contributed by atoms with Crippen LogP contribution >= 0.6 is 0 Å². The molecule has 0 spiro atoms. The molecule has 1 aliphatic carbocycles. The molecule has 2 heteroatoms. The topological polar surface area (TPSA) is 33.4 Å². The van der Waals surface area contributed by atoms with Gasteiger partial charge in [-0.3, -0.25) is 0 Å². The molecular weight excluding hydrogens is 188 g/mol. The predicted molar refractivity (Wildman–Crippen MR) is 59.5 cm³/mol. The largest absolute Gasteiger partial charge is 0.469 e. The summed E-state index contributed by atoms with van der Waals surface area (Å²) < 4.78 is 5.24. The first-order valence-electron chi connectivity index (χ1n) is 5.90. The second-order valence-electron chi connectivity index (χ2n) is 4.96. The van der Waals surface area contributed by atoms with Crippen LogP contribution in [0.25, 0.3) is 0 Å². The maximum absolute atomic E-state index is 10.2. The Bertz CT molecular complexity index is 308. The lowest BCUT2D eigenvalue weighted by Gasteiger charge is -2.29. The molecule has 1 N–H and O–H groups in total. The molecule has 15 heavy (non-hydrogen) atoms. The standard InChI is InChI=1S/C13H20O2/c1-9-3-5-11(6-4-9)13(14)12-7-10(2)15-8-12/h7-9,11,13-14H,3-6H2,1-2H3. The summed E-state index contributed by atoms with van der Waals surface area (Å²) in [4.78, 5) is 0. The molecule has 1 aliphatic rings. The predicted octanol–water partition coefficient (Wildman–Crippen LogP) is 3.45. The summed E-state index contributed by atoms with van der Waals surface area (Å²) in [6.07, 6.45) is 6.16. The van der Waals surface area contributed by atoms with E-state index in [1.165, 1.54) is 12.8 Å². The summed E-state index contributed by atoms with van der Waals surface area (Å²) in [5, 5.41) is 10.2. The van der Waals surface area contributed by atoms with Crippen LogP contribution in [0.1, 0.15) is 50.0 Å². The van der Waals surface area contributed by atoms with Crippen LogP contribution in [-0.4, -0.2) is 5.11 Å². The summed E-state index contributed by atoms with van der Waals surface area (Å²) in [5.41, 5.74) is 0.951. The molecular formula is C13H20O2. The summed E-state index contributed by atoms with van der Waals surface area (Å²) in [7, 11) is 0. The Balaban J connectivity index is 1.99. The molecule has 0 bridgehead atoms. The minimum absolute atomic E-state index is 0.324. The molecule has 1 aromatic heterocycles. The fraction of sp³-hybridized carbons (Fsp3) is 0.692. The van der Waals surface area contributed by atoms with Gasteiger partial charge < -0.3 is 9.52 Å². The van der Waals surface area contributed by atoms with Gasteiger partial charge in [0.25, 0.3) is 0 Å². The van der Waals surface area contributed by atoms with Gasteiger partial charge in [0.1, 0.15) is 5.76 Å². The van der Waals surface area contributed by atoms with E-state index in [2.05, 4.69) is 6.92 Å². The zero-order valence-electron chi connectivity index (χ0n) is 9.57. The third-order valence-electron chi connectivity index (χ3n) is 3.60. The van der Waals surface area contributed by atoms with E-state index in [-0.39, 0.29) is 6.10 Å². The molecule has 2 rings (SSSR count). The Morgan fingerprint density at radius 3 is 2.53 bits per heavy atom.